The number of ether oxygens (including phenoxy) is 1. The maximum Gasteiger partial charge on any atom is 0.306 e. The molecule has 28 heavy (non-hydrogen) atoms. The number of hydrogen-bond donors (Lipinski definition) is 2. The van der Waals surface area contributed by atoms with Crippen LogP contribution in [0.2, 0.25) is 0 Å². The van der Waals surface area contributed by atoms with Crippen LogP contribution < -0.4 is 0 Å². The van der Waals surface area contributed by atoms with Crippen LogP contribution in [0, 0.1) is 17.8 Å². The van der Waals surface area contributed by atoms with Crippen LogP contribution in [0.25, 0.3) is 0 Å². The van der Waals surface area contributed by atoms with E-state index in [0.717, 1.165) is 6.42 Å². The largest absolute Gasteiger partial charge is 0.481 e. The van der Waals surface area contributed by atoms with Crippen molar-refractivity contribution in [3.8, 4) is 0 Å². The molecule has 0 aromatic carbocycles. The Morgan fingerprint density at radius 3 is 2.54 bits per heavy atom. The number of ketones is 1. The van der Waals surface area contributed by atoms with Crippen LogP contribution in [0.4, 0.5) is 0 Å². The van der Waals surface area contributed by atoms with E-state index in [4.69, 9.17) is 9.84 Å². The molecule has 4 atom stereocenters. The van der Waals surface area contributed by atoms with Crippen LogP contribution >= 0.6 is 0 Å². The van der Waals surface area contributed by atoms with E-state index in [1.807, 2.05) is 33.8 Å². The van der Waals surface area contributed by atoms with Gasteiger partial charge >= 0.3 is 11.9 Å². The van der Waals surface area contributed by atoms with E-state index in [1.165, 1.54) is 0 Å². The van der Waals surface area contributed by atoms with Crippen LogP contribution in [0.5, 0.6) is 0 Å². The van der Waals surface area contributed by atoms with Gasteiger partial charge in [0.2, 0.25) is 0 Å². The molecule has 0 bridgehead atoms. The molecule has 1 aliphatic carbocycles. The van der Waals surface area contributed by atoms with Gasteiger partial charge in [0.1, 0.15) is 11.4 Å². The predicted octanol–water partition coefficient (Wildman–Crippen LogP) is 3.90. The molecule has 4 unspecified atom stereocenters. The highest BCUT2D eigenvalue weighted by Crippen LogP contribution is 2.34. The molecule has 0 aromatic heterocycles. The van der Waals surface area contributed by atoms with E-state index < -0.39 is 17.7 Å². The maximum atomic E-state index is 12.1. The molecule has 0 spiro atoms. The van der Waals surface area contributed by atoms with Gasteiger partial charge in [-0.2, -0.15) is 0 Å². The van der Waals surface area contributed by atoms with Crippen LogP contribution in [0.1, 0.15) is 79.1 Å². The number of carboxylic acid groups (broad SMARTS) is 1. The molecule has 1 aliphatic rings. The Balaban J connectivity index is 2.41. The molecule has 160 valence electrons. The van der Waals surface area contributed by atoms with Gasteiger partial charge in [-0.05, 0) is 64.7 Å². The third kappa shape index (κ3) is 9.49. The molecular formula is C22H36O6. The van der Waals surface area contributed by atoms with Crippen molar-refractivity contribution in [3.05, 3.63) is 12.2 Å². The molecule has 0 saturated heterocycles. The highest BCUT2D eigenvalue weighted by atomic mass is 16.6. The van der Waals surface area contributed by atoms with Crippen molar-refractivity contribution < 1.29 is 29.3 Å². The van der Waals surface area contributed by atoms with Gasteiger partial charge in [0.25, 0.3) is 0 Å². The molecule has 0 aromatic rings. The van der Waals surface area contributed by atoms with Gasteiger partial charge in [0.15, 0.2) is 0 Å². The summed E-state index contributed by atoms with van der Waals surface area (Å²) in [6, 6.07) is 0. The first-order valence-corrected chi connectivity index (χ1v) is 10.3. The van der Waals surface area contributed by atoms with Crippen LogP contribution in [0.15, 0.2) is 12.2 Å². The average Bonchev–Trinajstić information content (AvgIpc) is 2.91. The fraction of sp³-hybridized carbons (Fsp3) is 0.773. The molecule has 2 N–H and O–H groups in total. The third-order valence-corrected chi connectivity index (χ3v) is 5.16. The minimum absolute atomic E-state index is 0.00116. The summed E-state index contributed by atoms with van der Waals surface area (Å²) in [7, 11) is 0. The SMILES string of the molecule is CC(CCCC(=O)OC(C)(C)C)C(O)C=CC1CCC(=O)C1CCCC(=O)O. The lowest BCUT2D eigenvalue weighted by Gasteiger charge is -2.20. The number of allylic oxidation sites excluding steroid dienone is 1. The van der Waals surface area contributed by atoms with Crippen molar-refractivity contribution in [2.45, 2.75) is 90.8 Å². The van der Waals surface area contributed by atoms with E-state index in [1.54, 1.807) is 6.08 Å². The minimum Gasteiger partial charge on any atom is -0.481 e. The first-order valence-electron chi connectivity index (χ1n) is 10.3. The zero-order chi connectivity index (χ0) is 21.3. The predicted molar refractivity (Wildman–Crippen MR) is 107 cm³/mol. The average molecular weight is 397 g/mol. The maximum absolute atomic E-state index is 12.1. The lowest BCUT2D eigenvalue weighted by molar-refractivity contribution is -0.155. The monoisotopic (exact) mass is 396 g/mol. The standard InChI is InChI=1S/C22H36O6/c1-15(7-5-10-21(27)28-22(2,3)4)18(23)13-11-16-12-14-19(24)17(16)8-6-9-20(25)26/h11,13,15-18,23H,5-10,12,14H2,1-4H3,(H,25,26). The lowest BCUT2D eigenvalue weighted by Crippen LogP contribution is -2.24. The molecular weight excluding hydrogens is 360 g/mol. The molecule has 6 heteroatoms. The van der Waals surface area contributed by atoms with Crippen molar-refractivity contribution in [1.29, 1.82) is 0 Å². The number of aliphatic hydroxyl groups is 1. The van der Waals surface area contributed by atoms with Crippen molar-refractivity contribution in [2.75, 3.05) is 0 Å². The van der Waals surface area contributed by atoms with Gasteiger partial charge in [-0.15, -0.1) is 0 Å². The number of aliphatic hydroxyl groups excluding tert-OH is 1. The van der Waals surface area contributed by atoms with E-state index in [0.29, 0.717) is 38.5 Å². The van der Waals surface area contributed by atoms with Gasteiger partial charge in [-0.1, -0.05) is 19.1 Å². The van der Waals surface area contributed by atoms with Crippen molar-refractivity contribution in [1.82, 2.24) is 0 Å². The lowest BCUT2D eigenvalue weighted by atomic mass is 9.89. The summed E-state index contributed by atoms with van der Waals surface area (Å²) in [5.74, 6) is -0.928. The number of carboxylic acids is 1. The van der Waals surface area contributed by atoms with Crippen LogP contribution in [-0.2, 0) is 19.1 Å². The van der Waals surface area contributed by atoms with E-state index in [2.05, 4.69) is 0 Å². The Labute approximate surface area is 168 Å². The van der Waals surface area contributed by atoms with E-state index in [-0.39, 0.29) is 35.9 Å². The molecule has 1 rings (SSSR count). The second-order valence-electron chi connectivity index (χ2n) is 8.89. The molecule has 0 amide bonds. The number of carbonyl (C=O) groups is 3. The summed E-state index contributed by atoms with van der Waals surface area (Å²) in [6.45, 7) is 7.45. The second-order valence-corrected chi connectivity index (χ2v) is 8.89. The van der Waals surface area contributed by atoms with Crippen molar-refractivity contribution in [2.24, 2.45) is 17.8 Å². The highest BCUT2D eigenvalue weighted by molar-refractivity contribution is 5.83. The number of aliphatic carboxylic acids is 1. The molecule has 1 saturated carbocycles. The zero-order valence-corrected chi connectivity index (χ0v) is 17.6. The van der Waals surface area contributed by atoms with Crippen molar-refractivity contribution >= 4 is 17.7 Å². The van der Waals surface area contributed by atoms with Gasteiger partial charge < -0.3 is 14.9 Å². The quantitative estimate of drug-likeness (QED) is 0.406. The number of esters is 1. The van der Waals surface area contributed by atoms with Crippen LogP contribution in [0.3, 0.4) is 0 Å². The summed E-state index contributed by atoms with van der Waals surface area (Å²) in [6.07, 6.45) is 7.18. The Morgan fingerprint density at radius 2 is 1.93 bits per heavy atom. The molecule has 0 aliphatic heterocycles. The summed E-state index contributed by atoms with van der Waals surface area (Å²) in [4.78, 5) is 34.5. The number of Topliss-reactive ketones (excluding diaryl/α,β-unsaturated/α-hetero) is 1. The van der Waals surface area contributed by atoms with Crippen LogP contribution in [-0.4, -0.2) is 39.6 Å². The van der Waals surface area contributed by atoms with Gasteiger partial charge in [0.05, 0.1) is 6.10 Å². The first kappa shape index (κ1) is 24.3. The molecule has 0 radical (unpaired) electrons. The molecule has 6 nitrogen and oxygen atoms in total. The second kappa shape index (κ2) is 11.3. The van der Waals surface area contributed by atoms with Gasteiger partial charge in [-0.3, -0.25) is 14.4 Å². The van der Waals surface area contributed by atoms with Gasteiger partial charge in [-0.25, -0.2) is 0 Å². The number of rotatable bonds is 11. The summed E-state index contributed by atoms with van der Waals surface area (Å²) >= 11 is 0. The Bertz CT molecular complexity index is 560. The summed E-state index contributed by atoms with van der Waals surface area (Å²) in [5.41, 5.74) is -0.481. The van der Waals surface area contributed by atoms with Gasteiger partial charge in [0, 0.05) is 25.2 Å². The smallest absolute Gasteiger partial charge is 0.306 e. The fourth-order valence-electron chi connectivity index (χ4n) is 3.59. The van der Waals surface area contributed by atoms with E-state index in [9.17, 15) is 19.5 Å². The third-order valence-electron chi connectivity index (χ3n) is 5.16. The highest BCUT2D eigenvalue weighted by Gasteiger charge is 2.32. The topological polar surface area (TPSA) is 101 Å². The molecule has 0 heterocycles. The van der Waals surface area contributed by atoms with Crippen molar-refractivity contribution in [3.63, 3.8) is 0 Å². The number of hydrogen-bond acceptors (Lipinski definition) is 5. The first-order chi connectivity index (χ1) is 13.0. The zero-order valence-electron chi connectivity index (χ0n) is 17.6. The van der Waals surface area contributed by atoms with E-state index >= 15 is 0 Å². The Hall–Kier alpha value is -1.69. The molecule has 1 fully saturated rings. The Kier molecular flexibility index (Phi) is 9.87. The summed E-state index contributed by atoms with van der Waals surface area (Å²) < 4.78 is 5.28. The Morgan fingerprint density at radius 1 is 1.25 bits per heavy atom. The number of carbonyl (C=O) groups excluding carboxylic acids is 2. The normalized spacial score (nSPS) is 22.4. The summed E-state index contributed by atoms with van der Waals surface area (Å²) in [5, 5.41) is 19.1. The minimum atomic E-state index is -0.840. The fourth-order valence-corrected chi connectivity index (χ4v) is 3.59.